The Kier molecular flexibility index (Phi) is 5.40. The molecule has 0 aromatic heterocycles. The Hall–Kier alpha value is -1.80. The third kappa shape index (κ3) is 4.33. The molecule has 0 heterocycles. The Morgan fingerprint density at radius 2 is 1.76 bits per heavy atom. The van der Waals surface area contributed by atoms with E-state index in [1.165, 1.54) is 22.3 Å². The number of ether oxygens (including phenoxy) is 1. The van der Waals surface area contributed by atoms with Gasteiger partial charge in [0, 0.05) is 0 Å². The van der Waals surface area contributed by atoms with Crippen LogP contribution in [0, 0.1) is 20.8 Å². The van der Waals surface area contributed by atoms with E-state index in [0.717, 1.165) is 12.2 Å². The van der Waals surface area contributed by atoms with E-state index in [9.17, 15) is 0 Å². The largest absolute Gasteiger partial charge is 0.494 e. The lowest BCUT2D eigenvalue weighted by molar-refractivity contribution is 0.298. The van der Waals surface area contributed by atoms with Gasteiger partial charge in [0.2, 0.25) is 0 Å². The lowest BCUT2D eigenvalue weighted by Crippen LogP contribution is -2.16. The fourth-order valence-electron chi connectivity index (χ4n) is 2.62. The number of rotatable bonds is 6. The zero-order valence-corrected chi connectivity index (χ0v) is 13.2. The molecule has 0 fully saturated rings. The summed E-state index contributed by atoms with van der Waals surface area (Å²) < 4.78 is 5.86. The third-order valence-corrected chi connectivity index (χ3v) is 3.88. The first-order valence-electron chi connectivity index (χ1n) is 7.57. The highest BCUT2D eigenvalue weighted by molar-refractivity contribution is 5.33. The number of aryl methyl sites for hydroxylation is 3. The summed E-state index contributed by atoms with van der Waals surface area (Å²) in [7, 11) is 0. The van der Waals surface area contributed by atoms with Crippen LogP contribution in [0.4, 0.5) is 0 Å². The molecule has 0 aliphatic rings. The second kappa shape index (κ2) is 7.28. The third-order valence-electron chi connectivity index (χ3n) is 3.88. The lowest BCUT2D eigenvalue weighted by atomic mass is 9.91. The molecular weight excluding hydrogens is 258 g/mol. The molecule has 0 spiro atoms. The van der Waals surface area contributed by atoms with E-state index in [1.807, 2.05) is 12.1 Å². The van der Waals surface area contributed by atoms with Crippen LogP contribution in [0.25, 0.3) is 0 Å². The molecule has 0 aliphatic heterocycles. The Balaban J connectivity index is 1.98. The predicted octanol–water partition coefficient (Wildman–Crippen LogP) is 4.12. The first kappa shape index (κ1) is 15.6. The molecule has 21 heavy (non-hydrogen) atoms. The molecule has 0 saturated carbocycles. The van der Waals surface area contributed by atoms with Crippen LogP contribution in [0.5, 0.6) is 5.75 Å². The van der Waals surface area contributed by atoms with Crippen molar-refractivity contribution in [2.75, 3.05) is 13.2 Å². The zero-order chi connectivity index (χ0) is 15.2. The number of hydrogen-bond acceptors (Lipinski definition) is 2. The number of benzene rings is 2. The topological polar surface area (TPSA) is 35.2 Å². The summed E-state index contributed by atoms with van der Waals surface area (Å²) in [5.74, 6) is 1.29. The molecule has 2 nitrogen and oxygen atoms in total. The average Bonchev–Trinajstić information content (AvgIpc) is 2.47. The average molecular weight is 283 g/mol. The van der Waals surface area contributed by atoms with Gasteiger partial charge in [-0.25, -0.2) is 0 Å². The van der Waals surface area contributed by atoms with Crippen LogP contribution < -0.4 is 10.5 Å². The monoisotopic (exact) mass is 283 g/mol. The molecule has 0 radical (unpaired) electrons. The molecule has 2 N–H and O–H groups in total. The summed E-state index contributed by atoms with van der Waals surface area (Å²) >= 11 is 0. The van der Waals surface area contributed by atoms with Crippen molar-refractivity contribution in [1.29, 1.82) is 0 Å². The van der Waals surface area contributed by atoms with Gasteiger partial charge in [-0.05, 0) is 68.5 Å². The standard InChI is InChI=1S/C19H25NO/c1-14-5-4-6-18(11-14)21-10-9-17(13-20)19-12-15(2)7-8-16(19)3/h4-8,11-12,17H,9-10,13,20H2,1-3H3. The van der Waals surface area contributed by atoms with Crippen molar-refractivity contribution in [3.63, 3.8) is 0 Å². The van der Waals surface area contributed by atoms with E-state index in [4.69, 9.17) is 10.5 Å². The fraction of sp³-hybridized carbons (Fsp3) is 0.368. The second-order valence-electron chi connectivity index (χ2n) is 5.75. The lowest BCUT2D eigenvalue weighted by Gasteiger charge is -2.18. The Morgan fingerprint density at radius 3 is 2.48 bits per heavy atom. The molecule has 2 rings (SSSR count). The van der Waals surface area contributed by atoms with E-state index in [1.54, 1.807) is 0 Å². The SMILES string of the molecule is Cc1cccc(OCCC(CN)c2cc(C)ccc2C)c1. The molecule has 1 atom stereocenters. The summed E-state index contributed by atoms with van der Waals surface area (Å²) in [4.78, 5) is 0. The van der Waals surface area contributed by atoms with Crippen molar-refractivity contribution in [2.45, 2.75) is 33.1 Å². The van der Waals surface area contributed by atoms with Gasteiger partial charge in [-0.15, -0.1) is 0 Å². The van der Waals surface area contributed by atoms with Crippen molar-refractivity contribution in [2.24, 2.45) is 5.73 Å². The molecule has 1 unspecified atom stereocenters. The van der Waals surface area contributed by atoms with Crippen LogP contribution in [0.15, 0.2) is 42.5 Å². The molecule has 112 valence electrons. The summed E-state index contributed by atoms with van der Waals surface area (Å²) in [5, 5.41) is 0. The summed E-state index contributed by atoms with van der Waals surface area (Å²) in [6.07, 6.45) is 0.939. The molecule has 0 amide bonds. The summed E-state index contributed by atoms with van der Waals surface area (Å²) in [6.45, 7) is 7.70. The van der Waals surface area contributed by atoms with E-state index < -0.39 is 0 Å². The summed E-state index contributed by atoms with van der Waals surface area (Å²) in [6, 6.07) is 14.7. The van der Waals surface area contributed by atoms with Crippen molar-refractivity contribution >= 4 is 0 Å². The zero-order valence-electron chi connectivity index (χ0n) is 13.2. The quantitative estimate of drug-likeness (QED) is 0.865. The molecule has 0 bridgehead atoms. The van der Waals surface area contributed by atoms with Gasteiger partial charge in [-0.3, -0.25) is 0 Å². The number of hydrogen-bond donors (Lipinski definition) is 1. The van der Waals surface area contributed by atoms with Crippen LogP contribution in [0.3, 0.4) is 0 Å². The normalized spacial score (nSPS) is 12.2. The van der Waals surface area contributed by atoms with Crippen LogP contribution in [-0.4, -0.2) is 13.2 Å². The molecule has 0 saturated heterocycles. The molecular formula is C19H25NO. The fourth-order valence-corrected chi connectivity index (χ4v) is 2.62. The van der Waals surface area contributed by atoms with Crippen molar-refractivity contribution in [3.05, 3.63) is 64.7 Å². The van der Waals surface area contributed by atoms with Gasteiger partial charge >= 0.3 is 0 Å². The summed E-state index contributed by atoms with van der Waals surface area (Å²) in [5.41, 5.74) is 11.1. The van der Waals surface area contributed by atoms with Crippen LogP contribution in [-0.2, 0) is 0 Å². The van der Waals surface area contributed by atoms with E-state index in [-0.39, 0.29) is 0 Å². The van der Waals surface area contributed by atoms with Crippen molar-refractivity contribution in [1.82, 2.24) is 0 Å². The van der Waals surface area contributed by atoms with E-state index in [2.05, 4.69) is 51.1 Å². The van der Waals surface area contributed by atoms with Gasteiger partial charge in [0.05, 0.1) is 6.61 Å². The van der Waals surface area contributed by atoms with E-state index in [0.29, 0.717) is 19.1 Å². The molecule has 2 aromatic rings. The van der Waals surface area contributed by atoms with Gasteiger partial charge in [-0.2, -0.15) is 0 Å². The highest BCUT2D eigenvalue weighted by atomic mass is 16.5. The van der Waals surface area contributed by atoms with Crippen molar-refractivity contribution < 1.29 is 4.74 Å². The van der Waals surface area contributed by atoms with Crippen LogP contribution in [0.2, 0.25) is 0 Å². The van der Waals surface area contributed by atoms with Gasteiger partial charge < -0.3 is 10.5 Å². The van der Waals surface area contributed by atoms with Gasteiger partial charge in [0.1, 0.15) is 5.75 Å². The predicted molar refractivity (Wildman–Crippen MR) is 89.0 cm³/mol. The minimum absolute atomic E-state index is 0.356. The molecule has 2 heteroatoms. The Bertz CT molecular complexity index is 592. The minimum atomic E-state index is 0.356. The van der Waals surface area contributed by atoms with E-state index >= 15 is 0 Å². The van der Waals surface area contributed by atoms with Crippen molar-refractivity contribution in [3.8, 4) is 5.75 Å². The first-order valence-corrected chi connectivity index (χ1v) is 7.57. The maximum Gasteiger partial charge on any atom is 0.119 e. The van der Waals surface area contributed by atoms with Gasteiger partial charge in [-0.1, -0.05) is 35.9 Å². The first-order chi connectivity index (χ1) is 10.1. The maximum atomic E-state index is 5.97. The maximum absolute atomic E-state index is 5.97. The number of nitrogens with two attached hydrogens (primary N) is 1. The molecule has 2 aromatic carbocycles. The second-order valence-corrected chi connectivity index (χ2v) is 5.75. The Morgan fingerprint density at radius 1 is 1.00 bits per heavy atom. The highest BCUT2D eigenvalue weighted by Gasteiger charge is 2.12. The van der Waals surface area contributed by atoms with Gasteiger partial charge in [0.15, 0.2) is 0 Å². The van der Waals surface area contributed by atoms with Gasteiger partial charge in [0.25, 0.3) is 0 Å². The Labute approximate surface area is 127 Å². The van der Waals surface area contributed by atoms with Crippen LogP contribution >= 0.6 is 0 Å². The van der Waals surface area contributed by atoms with Crippen LogP contribution in [0.1, 0.15) is 34.6 Å². The highest BCUT2D eigenvalue weighted by Crippen LogP contribution is 2.24. The molecule has 0 aliphatic carbocycles. The smallest absolute Gasteiger partial charge is 0.119 e. The minimum Gasteiger partial charge on any atom is -0.494 e.